The van der Waals surface area contributed by atoms with Crippen LogP contribution in [0.2, 0.25) is 0 Å². The maximum absolute atomic E-state index is 13.8. The lowest BCUT2D eigenvalue weighted by molar-refractivity contribution is 0.00987. The van der Waals surface area contributed by atoms with Gasteiger partial charge < -0.3 is 14.5 Å². The summed E-state index contributed by atoms with van der Waals surface area (Å²) in [5, 5.41) is 4.25. The molecule has 2 heterocycles. The number of ether oxygens (including phenoxy) is 1. The molecule has 2 amide bonds. The number of carbonyl (C=O) groups excluding carboxylic acids is 2. The third-order valence-corrected chi connectivity index (χ3v) is 7.22. The Morgan fingerprint density at radius 1 is 0.771 bits per heavy atom. The molecule has 0 aromatic heterocycles. The molecule has 2 fully saturated rings. The molecule has 6 heteroatoms. The lowest BCUT2D eigenvalue weighted by Crippen LogP contribution is -2.55. The Morgan fingerprint density at radius 2 is 1.31 bits per heavy atom. The first-order valence-electron chi connectivity index (χ1n) is 12.7. The molecular formula is C29H35N3O3. The number of carbonyl (C=O) groups is 2. The van der Waals surface area contributed by atoms with E-state index >= 15 is 0 Å². The smallest absolute Gasteiger partial charge is 0.410 e. The Labute approximate surface area is 207 Å². The van der Waals surface area contributed by atoms with Gasteiger partial charge in [-0.2, -0.15) is 0 Å². The summed E-state index contributed by atoms with van der Waals surface area (Å²) in [7, 11) is 0. The Kier molecular flexibility index (Phi) is 6.41. The minimum atomic E-state index is -0.466. The van der Waals surface area contributed by atoms with Gasteiger partial charge in [0.1, 0.15) is 5.60 Å². The van der Waals surface area contributed by atoms with Gasteiger partial charge >= 0.3 is 6.09 Å². The van der Waals surface area contributed by atoms with Crippen LogP contribution >= 0.6 is 0 Å². The Balaban J connectivity index is 1.24. The lowest BCUT2D eigenvalue weighted by Gasteiger charge is -2.43. The van der Waals surface area contributed by atoms with Gasteiger partial charge in [-0.15, -0.1) is 0 Å². The Bertz CT molecular complexity index is 1180. The predicted molar refractivity (Wildman–Crippen MR) is 140 cm³/mol. The molecule has 0 radical (unpaired) electrons. The highest BCUT2D eigenvalue weighted by Gasteiger charge is 2.32. The summed E-state index contributed by atoms with van der Waals surface area (Å²) in [6.07, 6.45) is 1.68. The van der Waals surface area contributed by atoms with Crippen LogP contribution in [0, 0.1) is 0 Å². The van der Waals surface area contributed by atoms with Crippen LogP contribution in [-0.2, 0) is 4.74 Å². The van der Waals surface area contributed by atoms with Crippen molar-refractivity contribution in [1.82, 2.24) is 14.7 Å². The van der Waals surface area contributed by atoms with E-state index in [0.29, 0.717) is 6.04 Å². The summed E-state index contributed by atoms with van der Waals surface area (Å²) in [6, 6.07) is 19.0. The third-order valence-electron chi connectivity index (χ3n) is 7.22. The average molecular weight is 474 g/mol. The summed E-state index contributed by atoms with van der Waals surface area (Å²) >= 11 is 0. The van der Waals surface area contributed by atoms with Gasteiger partial charge in [-0.25, -0.2) is 4.79 Å². The molecule has 0 bridgehead atoms. The molecule has 0 unspecified atom stereocenters. The summed E-state index contributed by atoms with van der Waals surface area (Å²) in [6.45, 7) is 10.3. The number of rotatable bonds is 2. The summed E-state index contributed by atoms with van der Waals surface area (Å²) in [5.41, 5.74) is 0.351. The SMILES string of the molecule is CC(C)(C)OC(=O)N1CCC(N2CCN(C(=O)c3c4ccccc4cc4ccccc34)CC2)CC1. The first-order chi connectivity index (χ1) is 16.8. The van der Waals surface area contributed by atoms with Gasteiger partial charge in [-0.3, -0.25) is 9.69 Å². The van der Waals surface area contributed by atoms with Gasteiger partial charge in [-0.05, 0) is 61.2 Å². The number of fused-ring (bicyclic) bond motifs is 2. The zero-order valence-corrected chi connectivity index (χ0v) is 21.0. The van der Waals surface area contributed by atoms with Crippen molar-refractivity contribution in [1.29, 1.82) is 0 Å². The van der Waals surface area contributed by atoms with E-state index in [4.69, 9.17) is 4.74 Å². The number of nitrogens with zero attached hydrogens (tertiary/aromatic N) is 3. The molecular weight excluding hydrogens is 438 g/mol. The minimum Gasteiger partial charge on any atom is -0.444 e. The second-order valence-electron chi connectivity index (χ2n) is 10.7. The fraction of sp³-hybridized carbons (Fsp3) is 0.448. The highest BCUT2D eigenvalue weighted by Crippen LogP contribution is 2.30. The second kappa shape index (κ2) is 9.50. The number of piperidine rings is 1. The molecule has 0 saturated carbocycles. The van der Waals surface area contributed by atoms with Crippen LogP contribution in [0.25, 0.3) is 21.5 Å². The zero-order valence-electron chi connectivity index (χ0n) is 21.0. The third kappa shape index (κ3) is 4.98. The fourth-order valence-electron chi connectivity index (χ4n) is 5.43. The van der Waals surface area contributed by atoms with Crippen LogP contribution < -0.4 is 0 Å². The fourth-order valence-corrected chi connectivity index (χ4v) is 5.43. The van der Waals surface area contributed by atoms with Gasteiger partial charge in [0, 0.05) is 45.3 Å². The van der Waals surface area contributed by atoms with Gasteiger partial charge in [0.25, 0.3) is 5.91 Å². The van der Waals surface area contributed by atoms with Crippen molar-refractivity contribution >= 4 is 33.5 Å². The molecule has 0 atom stereocenters. The second-order valence-corrected chi connectivity index (χ2v) is 10.7. The quantitative estimate of drug-likeness (QED) is 0.483. The first-order valence-corrected chi connectivity index (χ1v) is 12.7. The number of benzene rings is 3. The van der Waals surface area contributed by atoms with Crippen molar-refractivity contribution in [2.45, 2.75) is 45.3 Å². The number of hydrogen-bond donors (Lipinski definition) is 0. The molecule has 2 aliphatic heterocycles. The van der Waals surface area contributed by atoms with E-state index in [1.54, 1.807) is 0 Å². The number of amides is 2. The van der Waals surface area contributed by atoms with Crippen LogP contribution in [-0.4, -0.2) is 77.6 Å². The van der Waals surface area contributed by atoms with Crippen molar-refractivity contribution in [2.75, 3.05) is 39.3 Å². The van der Waals surface area contributed by atoms with Gasteiger partial charge in [-0.1, -0.05) is 48.5 Å². The molecule has 2 saturated heterocycles. The molecule has 0 spiro atoms. The van der Waals surface area contributed by atoms with Crippen molar-refractivity contribution in [2.24, 2.45) is 0 Å². The van der Waals surface area contributed by atoms with E-state index in [1.807, 2.05) is 54.8 Å². The topological polar surface area (TPSA) is 53.1 Å². The van der Waals surface area contributed by atoms with Crippen molar-refractivity contribution < 1.29 is 14.3 Å². The van der Waals surface area contributed by atoms with Crippen molar-refractivity contribution in [3.63, 3.8) is 0 Å². The Hall–Kier alpha value is -3.12. The zero-order chi connectivity index (χ0) is 24.6. The molecule has 35 heavy (non-hydrogen) atoms. The van der Waals surface area contributed by atoms with Crippen LogP contribution in [0.4, 0.5) is 4.79 Å². The number of hydrogen-bond acceptors (Lipinski definition) is 4. The molecule has 0 aliphatic carbocycles. The highest BCUT2D eigenvalue weighted by atomic mass is 16.6. The van der Waals surface area contributed by atoms with E-state index in [9.17, 15) is 9.59 Å². The summed E-state index contributed by atoms with van der Waals surface area (Å²) in [4.78, 5) is 32.5. The molecule has 184 valence electrons. The Morgan fingerprint density at radius 3 is 1.86 bits per heavy atom. The van der Waals surface area contributed by atoms with Crippen LogP contribution in [0.1, 0.15) is 44.0 Å². The monoisotopic (exact) mass is 473 g/mol. The molecule has 2 aliphatic rings. The van der Waals surface area contributed by atoms with E-state index in [2.05, 4.69) is 35.2 Å². The first kappa shape index (κ1) is 23.6. The lowest BCUT2D eigenvalue weighted by atomic mass is 9.95. The normalized spacial score (nSPS) is 18.3. The van der Waals surface area contributed by atoms with Crippen LogP contribution in [0.15, 0.2) is 54.6 Å². The maximum Gasteiger partial charge on any atom is 0.410 e. The van der Waals surface area contributed by atoms with E-state index in [0.717, 1.165) is 79.2 Å². The highest BCUT2D eigenvalue weighted by molar-refractivity contribution is 6.18. The van der Waals surface area contributed by atoms with Crippen molar-refractivity contribution in [3.8, 4) is 0 Å². The van der Waals surface area contributed by atoms with E-state index in [-0.39, 0.29) is 12.0 Å². The summed E-state index contributed by atoms with van der Waals surface area (Å²) < 4.78 is 5.53. The molecule has 3 aromatic carbocycles. The van der Waals surface area contributed by atoms with Gasteiger partial charge in [0.05, 0.1) is 5.56 Å². The molecule has 5 rings (SSSR count). The molecule has 3 aromatic rings. The largest absolute Gasteiger partial charge is 0.444 e. The molecule has 0 N–H and O–H groups in total. The summed E-state index contributed by atoms with van der Waals surface area (Å²) in [5.74, 6) is 0.123. The van der Waals surface area contributed by atoms with Crippen LogP contribution in [0.3, 0.4) is 0 Å². The standard InChI is InChI=1S/C29H35N3O3/c1-29(2,3)35-28(34)32-14-12-23(13-15-32)30-16-18-31(19-17-30)27(33)26-24-10-6-4-8-21(24)20-22-9-5-7-11-25(22)26/h4-11,20,23H,12-19H2,1-3H3. The number of likely N-dealkylation sites (tertiary alicyclic amines) is 1. The van der Waals surface area contributed by atoms with Gasteiger partial charge in [0.15, 0.2) is 0 Å². The maximum atomic E-state index is 13.8. The van der Waals surface area contributed by atoms with E-state index < -0.39 is 5.60 Å². The van der Waals surface area contributed by atoms with Gasteiger partial charge in [0.2, 0.25) is 0 Å². The van der Waals surface area contributed by atoms with Crippen molar-refractivity contribution in [3.05, 3.63) is 60.2 Å². The average Bonchev–Trinajstić information content (AvgIpc) is 2.86. The van der Waals surface area contributed by atoms with Crippen LogP contribution in [0.5, 0.6) is 0 Å². The predicted octanol–water partition coefficient (Wildman–Crippen LogP) is 5.15. The van der Waals surface area contributed by atoms with E-state index in [1.165, 1.54) is 0 Å². The molecule has 6 nitrogen and oxygen atoms in total. The minimum absolute atomic E-state index is 0.123. The number of piperazine rings is 1.